The number of aromatic amines is 1. The van der Waals surface area contributed by atoms with E-state index in [1.54, 1.807) is 12.1 Å². The standard InChI is InChI=1S/C22H23N7O4/c1-12-7-6-8-17(29-22(30)26-27-28-29)16(12)11-33-21-13(2)9-15(14(3)23-21)20-24-18(31-4)10-19(25-20)32-5/h6-10H,11H2,1-5H3,(H,26,28,30). The fraction of sp³-hybridized carbons (Fsp3) is 0.273. The van der Waals surface area contributed by atoms with Crippen molar-refractivity contribution in [2.75, 3.05) is 14.2 Å². The molecule has 0 aliphatic carbocycles. The highest BCUT2D eigenvalue weighted by molar-refractivity contribution is 5.61. The zero-order chi connectivity index (χ0) is 23.5. The van der Waals surface area contributed by atoms with Crippen molar-refractivity contribution >= 4 is 0 Å². The van der Waals surface area contributed by atoms with Gasteiger partial charge in [-0.15, -0.1) is 0 Å². The molecule has 0 saturated carbocycles. The Hall–Kier alpha value is -4.28. The molecule has 0 bridgehead atoms. The largest absolute Gasteiger partial charge is 0.481 e. The lowest BCUT2D eigenvalue weighted by Gasteiger charge is -2.15. The molecule has 3 heterocycles. The number of methoxy groups -OCH3 is 2. The average Bonchev–Trinajstić information content (AvgIpc) is 3.25. The number of H-pyrrole nitrogens is 1. The second-order valence-electron chi connectivity index (χ2n) is 7.30. The van der Waals surface area contributed by atoms with Gasteiger partial charge in [0.1, 0.15) is 6.61 Å². The van der Waals surface area contributed by atoms with Gasteiger partial charge < -0.3 is 14.2 Å². The molecule has 1 N–H and O–H groups in total. The van der Waals surface area contributed by atoms with E-state index in [0.29, 0.717) is 34.8 Å². The highest BCUT2D eigenvalue weighted by Crippen LogP contribution is 2.29. The summed E-state index contributed by atoms with van der Waals surface area (Å²) in [5.74, 6) is 1.69. The molecule has 4 rings (SSSR count). The molecule has 0 radical (unpaired) electrons. The van der Waals surface area contributed by atoms with Crippen LogP contribution in [0.15, 0.2) is 35.1 Å². The van der Waals surface area contributed by atoms with Crippen LogP contribution in [0.2, 0.25) is 0 Å². The van der Waals surface area contributed by atoms with Gasteiger partial charge in [-0.3, -0.25) is 0 Å². The SMILES string of the molecule is COc1cc(OC)nc(-c2cc(C)c(OCc3c(C)cccc3-n3nn[nH]c3=O)nc2C)n1. The van der Waals surface area contributed by atoms with Crippen molar-refractivity contribution < 1.29 is 14.2 Å². The Morgan fingerprint density at radius 2 is 1.70 bits per heavy atom. The summed E-state index contributed by atoms with van der Waals surface area (Å²) in [4.78, 5) is 25.5. The first-order chi connectivity index (χ1) is 15.9. The molecule has 4 aromatic rings. The highest BCUT2D eigenvalue weighted by atomic mass is 16.5. The Bertz CT molecular complexity index is 1340. The van der Waals surface area contributed by atoms with Gasteiger partial charge in [0.2, 0.25) is 17.6 Å². The average molecular weight is 449 g/mol. The maximum absolute atomic E-state index is 12.0. The minimum atomic E-state index is -0.426. The molecule has 0 amide bonds. The van der Waals surface area contributed by atoms with Gasteiger partial charge in [0.25, 0.3) is 0 Å². The normalized spacial score (nSPS) is 10.8. The Morgan fingerprint density at radius 3 is 2.33 bits per heavy atom. The van der Waals surface area contributed by atoms with E-state index in [9.17, 15) is 4.79 Å². The van der Waals surface area contributed by atoms with E-state index in [4.69, 9.17) is 14.2 Å². The van der Waals surface area contributed by atoms with Crippen LogP contribution in [0.5, 0.6) is 17.6 Å². The molecule has 33 heavy (non-hydrogen) atoms. The summed E-state index contributed by atoms with van der Waals surface area (Å²) < 4.78 is 17.8. The minimum Gasteiger partial charge on any atom is -0.481 e. The number of aryl methyl sites for hydroxylation is 3. The summed E-state index contributed by atoms with van der Waals surface area (Å²) >= 11 is 0. The summed E-state index contributed by atoms with van der Waals surface area (Å²) in [6.07, 6.45) is 0. The summed E-state index contributed by atoms with van der Waals surface area (Å²) in [6.45, 7) is 5.88. The van der Waals surface area contributed by atoms with Crippen molar-refractivity contribution in [2.45, 2.75) is 27.4 Å². The zero-order valence-corrected chi connectivity index (χ0v) is 18.9. The number of benzene rings is 1. The molecule has 0 atom stereocenters. The molecular weight excluding hydrogens is 426 g/mol. The number of pyridine rings is 1. The Kier molecular flexibility index (Phi) is 6.03. The molecule has 1 aromatic carbocycles. The van der Waals surface area contributed by atoms with Crippen molar-refractivity contribution in [1.82, 2.24) is 35.2 Å². The van der Waals surface area contributed by atoms with Crippen molar-refractivity contribution in [3.63, 3.8) is 0 Å². The fourth-order valence-corrected chi connectivity index (χ4v) is 3.36. The monoisotopic (exact) mass is 449 g/mol. The molecule has 11 nitrogen and oxygen atoms in total. The van der Waals surface area contributed by atoms with Crippen LogP contribution in [-0.2, 0) is 6.61 Å². The molecule has 3 aromatic heterocycles. The van der Waals surface area contributed by atoms with Gasteiger partial charge in [-0.05, 0) is 48.9 Å². The van der Waals surface area contributed by atoms with E-state index in [0.717, 1.165) is 22.3 Å². The fourth-order valence-electron chi connectivity index (χ4n) is 3.36. The van der Waals surface area contributed by atoms with E-state index in [-0.39, 0.29) is 6.61 Å². The molecule has 0 unspecified atom stereocenters. The number of nitrogens with zero attached hydrogens (tertiary/aromatic N) is 6. The molecule has 0 spiro atoms. The van der Waals surface area contributed by atoms with Crippen LogP contribution in [0, 0.1) is 20.8 Å². The van der Waals surface area contributed by atoms with Gasteiger partial charge in [0.05, 0.1) is 31.7 Å². The lowest BCUT2D eigenvalue weighted by atomic mass is 10.1. The number of aromatic nitrogens is 7. The number of tetrazole rings is 1. The van der Waals surface area contributed by atoms with Gasteiger partial charge >= 0.3 is 5.69 Å². The first-order valence-electron chi connectivity index (χ1n) is 10.1. The van der Waals surface area contributed by atoms with E-state index in [1.807, 2.05) is 39.0 Å². The predicted octanol–water partition coefficient (Wildman–Crippen LogP) is 2.33. The smallest absolute Gasteiger partial charge is 0.365 e. The third kappa shape index (κ3) is 4.38. The second kappa shape index (κ2) is 9.07. The van der Waals surface area contributed by atoms with Crippen LogP contribution < -0.4 is 19.9 Å². The second-order valence-corrected chi connectivity index (χ2v) is 7.30. The maximum atomic E-state index is 12.0. The number of nitrogens with one attached hydrogen (secondary N) is 1. The molecule has 170 valence electrons. The molecule has 0 aliphatic heterocycles. The van der Waals surface area contributed by atoms with Crippen LogP contribution >= 0.6 is 0 Å². The molecular formula is C22H23N7O4. The minimum absolute atomic E-state index is 0.192. The van der Waals surface area contributed by atoms with Crippen LogP contribution in [0.3, 0.4) is 0 Å². The first kappa shape index (κ1) is 21.9. The zero-order valence-electron chi connectivity index (χ0n) is 18.9. The van der Waals surface area contributed by atoms with Crippen molar-refractivity contribution in [2.24, 2.45) is 0 Å². The summed E-state index contributed by atoms with van der Waals surface area (Å²) in [6, 6.07) is 9.09. The summed E-state index contributed by atoms with van der Waals surface area (Å²) in [5.41, 5.74) is 4.14. The first-order valence-corrected chi connectivity index (χ1v) is 10.1. The van der Waals surface area contributed by atoms with Crippen molar-refractivity contribution in [3.8, 4) is 34.7 Å². The van der Waals surface area contributed by atoms with Crippen LogP contribution in [0.25, 0.3) is 17.1 Å². The Morgan fingerprint density at radius 1 is 0.970 bits per heavy atom. The van der Waals surface area contributed by atoms with Crippen molar-refractivity contribution in [3.05, 3.63) is 63.2 Å². The third-order valence-corrected chi connectivity index (χ3v) is 5.13. The third-order valence-electron chi connectivity index (χ3n) is 5.13. The molecule has 0 saturated heterocycles. The molecule has 11 heteroatoms. The quantitative estimate of drug-likeness (QED) is 0.452. The van der Waals surface area contributed by atoms with Gasteiger partial charge in [0.15, 0.2) is 5.82 Å². The van der Waals surface area contributed by atoms with Gasteiger partial charge in [-0.1, -0.05) is 12.1 Å². The van der Waals surface area contributed by atoms with E-state index < -0.39 is 5.69 Å². The van der Waals surface area contributed by atoms with E-state index >= 15 is 0 Å². The maximum Gasteiger partial charge on any atom is 0.365 e. The van der Waals surface area contributed by atoms with Crippen LogP contribution in [0.1, 0.15) is 22.4 Å². The number of hydrogen-bond acceptors (Lipinski definition) is 9. The van der Waals surface area contributed by atoms with Gasteiger partial charge in [0, 0.05) is 16.7 Å². The van der Waals surface area contributed by atoms with Gasteiger partial charge in [-0.2, -0.15) is 14.6 Å². The lowest BCUT2D eigenvalue weighted by molar-refractivity contribution is 0.290. The van der Waals surface area contributed by atoms with Crippen LogP contribution in [-0.4, -0.2) is 49.4 Å². The number of hydrogen-bond donors (Lipinski definition) is 1. The lowest BCUT2D eigenvalue weighted by Crippen LogP contribution is -2.18. The van der Waals surface area contributed by atoms with E-state index in [2.05, 4.69) is 30.5 Å². The highest BCUT2D eigenvalue weighted by Gasteiger charge is 2.16. The molecule has 0 aliphatic rings. The van der Waals surface area contributed by atoms with Gasteiger partial charge in [-0.25, -0.2) is 14.9 Å². The van der Waals surface area contributed by atoms with E-state index in [1.165, 1.54) is 18.9 Å². The predicted molar refractivity (Wildman–Crippen MR) is 119 cm³/mol. The topological polar surface area (TPSA) is 130 Å². The van der Waals surface area contributed by atoms with Crippen LogP contribution in [0.4, 0.5) is 0 Å². The van der Waals surface area contributed by atoms with Crippen molar-refractivity contribution in [1.29, 1.82) is 0 Å². The number of rotatable bonds is 7. The summed E-state index contributed by atoms with van der Waals surface area (Å²) in [7, 11) is 3.07. The Balaban J connectivity index is 1.65. The Labute approximate surface area is 189 Å². The molecule has 0 fully saturated rings. The summed E-state index contributed by atoms with van der Waals surface area (Å²) in [5, 5.41) is 9.72. The number of ether oxygens (including phenoxy) is 3.